The van der Waals surface area contributed by atoms with Gasteiger partial charge in [0.15, 0.2) is 0 Å². The van der Waals surface area contributed by atoms with E-state index in [-0.39, 0.29) is 5.91 Å². The molecule has 0 radical (unpaired) electrons. The van der Waals surface area contributed by atoms with E-state index < -0.39 is 0 Å². The quantitative estimate of drug-likeness (QED) is 0.798. The van der Waals surface area contributed by atoms with E-state index in [4.69, 9.17) is 4.74 Å². The molecule has 0 aliphatic carbocycles. The summed E-state index contributed by atoms with van der Waals surface area (Å²) in [4.78, 5) is 18.4. The Bertz CT molecular complexity index is 667. The van der Waals surface area contributed by atoms with Crippen LogP contribution in [0.1, 0.15) is 15.9 Å². The molecule has 1 aromatic carbocycles. The number of hydrogen-bond donors (Lipinski definition) is 0. The van der Waals surface area contributed by atoms with Crippen LogP contribution in [-0.4, -0.2) is 36.0 Å². The maximum atomic E-state index is 12.3. The third-order valence-corrected chi connectivity index (χ3v) is 3.45. The highest BCUT2D eigenvalue weighted by atomic mass is 16.5. The minimum Gasteiger partial charge on any atom is -0.491 e. The number of likely N-dealkylation sites (N-methyl/N-ethyl adjacent to an activating group) is 1. The van der Waals surface area contributed by atoms with Gasteiger partial charge in [-0.05, 0) is 42.8 Å². The van der Waals surface area contributed by atoms with Gasteiger partial charge in [0.2, 0.25) is 0 Å². The Hall–Kier alpha value is -2.36. The summed E-state index contributed by atoms with van der Waals surface area (Å²) in [5, 5.41) is 0. The van der Waals surface area contributed by atoms with Crippen LogP contribution in [0, 0.1) is 6.92 Å². The van der Waals surface area contributed by atoms with Gasteiger partial charge in [-0.3, -0.25) is 9.78 Å². The molecule has 0 fully saturated rings. The fourth-order valence-corrected chi connectivity index (χ4v) is 2.28. The molecule has 0 saturated carbocycles. The number of nitrogens with zero attached hydrogens (tertiary/aromatic N) is 2. The molecule has 102 valence electrons. The van der Waals surface area contributed by atoms with Crippen LogP contribution < -0.4 is 4.74 Å². The summed E-state index contributed by atoms with van der Waals surface area (Å²) in [6.45, 7) is 3.15. The van der Waals surface area contributed by atoms with E-state index in [1.807, 2.05) is 37.3 Å². The Morgan fingerprint density at radius 3 is 2.90 bits per heavy atom. The van der Waals surface area contributed by atoms with E-state index in [1.165, 1.54) is 0 Å². The van der Waals surface area contributed by atoms with E-state index in [0.717, 1.165) is 16.8 Å². The summed E-state index contributed by atoms with van der Waals surface area (Å²) in [7, 11) is 1.79. The number of aryl methyl sites for hydroxylation is 1. The first-order chi connectivity index (χ1) is 9.65. The zero-order valence-corrected chi connectivity index (χ0v) is 11.6. The van der Waals surface area contributed by atoms with Crippen LogP contribution in [0.4, 0.5) is 0 Å². The SMILES string of the molecule is Cc1ccnc(-c2ccc3c(c2)C(=O)N(C)CCO3)c1. The average molecular weight is 268 g/mol. The van der Waals surface area contributed by atoms with E-state index in [0.29, 0.717) is 24.5 Å². The second-order valence-corrected chi connectivity index (χ2v) is 5.00. The van der Waals surface area contributed by atoms with E-state index in [1.54, 1.807) is 18.1 Å². The van der Waals surface area contributed by atoms with Gasteiger partial charge in [0.25, 0.3) is 5.91 Å². The molecule has 0 bridgehead atoms. The van der Waals surface area contributed by atoms with E-state index in [9.17, 15) is 4.79 Å². The van der Waals surface area contributed by atoms with Crippen LogP contribution in [0.5, 0.6) is 5.75 Å². The number of rotatable bonds is 1. The predicted molar refractivity (Wildman–Crippen MR) is 76.9 cm³/mol. The zero-order valence-electron chi connectivity index (χ0n) is 11.6. The van der Waals surface area contributed by atoms with Crippen molar-refractivity contribution < 1.29 is 9.53 Å². The Labute approximate surface area is 118 Å². The maximum absolute atomic E-state index is 12.3. The normalized spacial score (nSPS) is 14.5. The van der Waals surface area contributed by atoms with Crippen LogP contribution in [0.2, 0.25) is 0 Å². The maximum Gasteiger partial charge on any atom is 0.257 e. The minimum absolute atomic E-state index is 0.00740. The van der Waals surface area contributed by atoms with Crippen molar-refractivity contribution in [1.29, 1.82) is 0 Å². The molecule has 4 nitrogen and oxygen atoms in total. The number of hydrogen-bond acceptors (Lipinski definition) is 3. The standard InChI is InChI=1S/C16H16N2O2/c1-11-5-6-17-14(9-11)12-3-4-15-13(10-12)16(19)18(2)7-8-20-15/h3-6,9-10H,7-8H2,1-2H3. The molecule has 0 unspecified atom stereocenters. The Morgan fingerprint density at radius 1 is 1.25 bits per heavy atom. The fraction of sp³-hybridized carbons (Fsp3) is 0.250. The third kappa shape index (κ3) is 2.25. The summed E-state index contributed by atoms with van der Waals surface area (Å²) in [6, 6.07) is 9.62. The van der Waals surface area contributed by atoms with Crippen LogP contribution >= 0.6 is 0 Å². The second-order valence-electron chi connectivity index (χ2n) is 5.00. The van der Waals surface area contributed by atoms with Crippen molar-refractivity contribution in [3.05, 3.63) is 47.7 Å². The van der Waals surface area contributed by atoms with Gasteiger partial charge in [0, 0.05) is 18.8 Å². The molecular formula is C16H16N2O2. The predicted octanol–water partition coefficient (Wildman–Crippen LogP) is 2.52. The van der Waals surface area contributed by atoms with Crippen LogP contribution in [0.15, 0.2) is 36.5 Å². The molecular weight excluding hydrogens is 252 g/mol. The Morgan fingerprint density at radius 2 is 2.10 bits per heavy atom. The summed E-state index contributed by atoms with van der Waals surface area (Å²) >= 11 is 0. The Balaban J connectivity index is 2.08. The Kier molecular flexibility index (Phi) is 3.14. The first-order valence-corrected chi connectivity index (χ1v) is 6.60. The molecule has 0 N–H and O–H groups in total. The lowest BCUT2D eigenvalue weighted by Crippen LogP contribution is -2.27. The summed E-state index contributed by atoms with van der Waals surface area (Å²) in [5.74, 6) is 0.641. The highest BCUT2D eigenvalue weighted by Gasteiger charge is 2.21. The monoisotopic (exact) mass is 268 g/mol. The molecule has 20 heavy (non-hydrogen) atoms. The topological polar surface area (TPSA) is 42.4 Å². The molecule has 2 aromatic rings. The van der Waals surface area contributed by atoms with Crippen molar-refractivity contribution in [1.82, 2.24) is 9.88 Å². The molecule has 2 heterocycles. The number of ether oxygens (including phenoxy) is 1. The van der Waals surface area contributed by atoms with Crippen molar-refractivity contribution >= 4 is 5.91 Å². The van der Waals surface area contributed by atoms with E-state index in [2.05, 4.69) is 4.98 Å². The third-order valence-electron chi connectivity index (χ3n) is 3.45. The number of carbonyl (C=O) groups excluding carboxylic acids is 1. The van der Waals surface area contributed by atoms with Crippen molar-refractivity contribution in [2.45, 2.75) is 6.92 Å². The number of fused-ring (bicyclic) bond motifs is 1. The summed E-state index contributed by atoms with van der Waals surface area (Å²) in [6.07, 6.45) is 1.78. The largest absolute Gasteiger partial charge is 0.491 e. The summed E-state index contributed by atoms with van der Waals surface area (Å²) in [5.41, 5.74) is 3.54. The number of pyridine rings is 1. The highest BCUT2D eigenvalue weighted by Crippen LogP contribution is 2.28. The lowest BCUT2D eigenvalue weighted by molar-refractivity contribution is 0.0797. The molecule has 3 rings (SSSR count). The zero-order chi connectivity index (χ0) is 14.1. The fourth-order valence-electron chi connectivity index (χ4n) is 2.28. The lowest BCUT2D eigenvalue weighted by Gasteiger charge is -2.13. The molecule has 1 aliphatic rings. The molecule has 0 spiro atoms. The van der Waals surface area contributed by atoms with Crippen molar-refractivity contribution in [3.8, 4) is 17.0 Å². The van der Waals surface area contributed by atoms with Gasteiger partial charge in [0.05, 0.1) is 17.8 Å². The van der Waals surface area contributed by atoms with Crippen molar-refractivity contribution in [2.75, 3.05) is 20.2 Å². The highest BCUT2D eigenvalue weighted by molar-refractivity contribution is 5.98. The number of aromatic nitrogens is 1. The van der Waals surface area contributed by atoms with Gasteiger partial charge in [0.1, 0.15) is 12.4 Å². The van der Waals surface area contributed by atoms with Gasteiger partial charge < -0.3 is 9.64 Å². The van der Waals surface area contributed by atoms with Gasteiger partial charge in [-0.2, -0.15) is 0 Å². The molecule has 1 aromatic heterocycles. The van der Waals surface area contributed by atoms with E-state index >= 15 is 0 Å². The number of carbonyl (C=O) groups is 1. The molecule has 1 aliphatic heterocycles. The molecule has 1 amide bonds. The minimum atomic E-state index is -0.00740. The molecule has 4 heteroatoms. The molecule has 0 atom stereocenters. The summed E-state index contributed by atoms with van der Waals surface area (Å²) < 4.78 is 5.62. The first kappa shape index (κ1) is 12.7. The average Bonchev–Trinajstić information content (AvgIpc) is 2.59. The molecule has 0 saturated heterocycles. The van der Waals surface area contributed by atoms with Crippen LogP contribution in [0.3, 0.4) is 0 Å². The lowest BCUT2D eigenvalue weighted by atomic mass is 10.0. The smallest absolute Gasteiger partial charge is 0.257 e. The van der Waals surface area contributed by atoms with Crippen molar-refractivity contribution in [3.63, 3.8) is 0 Å². The van der Waals surface area contributed by atoms with Gasteiger partial charge >= 0.3 is 0 Å². The van der Waals surface area contributed by atoms with Gasteiger partial charge in [-0.25, -0.2) is 0 Å². The van der Waals surface area contributed by atoms with Crippen LogP contribution in [-0.2, 0) is 0 Å². The van der Waals surface area contributed by atoms with Gasteiger partial charge in [-0.15, -0.1) is 0 Å². The van der Waals surface area contributed by atoms with Gasteiger partial charge in [-0.1, -0.05) is 0 Å². The van der Waals surface area contributed by atoms with Crippen molar-refractivity contribution in [2.24, 2.45) is 0 Å². The second kappa shape index (κ2) is 4.96. The van der Waals surface area contributed by atoms with Crippen LogP contribution in [0.25, 0.3) is 11.3 Å². The number of benzene rings is 1. The first-order valence-electron chi connectivity index (χ1n) is 6.60. The number of amides is 1.